The second-order valence-corrected chi connectivity index (χ2v) is 5.04. The first-order valence-electron chi connectivity index (χ1n) is 5.95. The highest BCUT2D eigenvalue weighted by Crippen LogP contribution is 2.07. The summed E-state index contributed by atoms with van der Waals surface area (Å²) in [6, 6.07) is 3.74. The number of carbonyl (C=O) groups is 1. The van der Waals surface area contributed by atoms with Crippen molar-refractivity contribution in [3.05, 3.63) is 36.2 Å². The van der Waals surface area contributed by atoms with Crippen molar-refractivity contribution >= 4 is 12.0 Å². The zero-order valence-electron chi connectivity index (χ0n) is 11.5. The van der Waals surface area contributed by atoms with Crippen molar-refractivity contribution in [1.82, 2.24) is 15.2 Å². The first kappa shape index (κ1) is 14.4. The molecule has 0 aliphatic carbocycles. The fourth-order valence-electron chi connectivity index (χ4n) is 1.17. The fourth-order valence-corrected chi connectivity index (χ4v) is 1.17. The molecule has 1 aromatic heterocycles. The number of pyridine rings is 1. The summed E-state index contributed by atoms with van der Waals surface area (Å²) in [7, 11) is 4.00. The highest BCUT2D eigenvalue weighted by atomic mass is 16.1. The van der Waals surface area contributed by atoms with Crippen LogP contribution in [-0.4, -0.2) is 42.0 Å². The Morgan fingerprint density at radius 1 is 1.50 bits per heavy atom. The Kier molecular flexibility index (Phi) is 5.04. The van der Waals surface area contributed by atoms with E-state index in [-0.39, 0.29) is 11.4 Å². The molecule has 0 aromatic carbocycles. The normalized spacial score (nSPS) is 12.1. The van der Waals surface area contributed by atoms with Crippen molar-refractivity contribution in [3.63, 3.8) is 0 Å². The number of hydrogen-bond donors (Lipinski definition) is 1. The average Bonchev–Trinajstić information content (AvgIpc) is 2.35. The molecular weight excluding hydrogens is 226 g/mol. The molecule has 0 unspecified atom stereocenters. The summed E-state index contributed by atoms with van der Waals surface area (Å²) in [5.74, 6) is -0.0891. The molecule has 1 aromatic rings. The molecule has 0 saturated carbocycles. The molecule has 0 saturated heterocycles. The Morgan fingerprint density at radius 2 is 2.22 bits per heavy atom. The van der Waals surface area contributed by atoms with Crippen LogP contribution in [-0.2, 0) is 4.79 Å². The van der Waals surface area contributed by atoms with Gasteiger partial charge in [-0.05, 0) is 45.6 Å². The second-order valence-electron chi connectivity index (χ2n) is 5.04. The van der Waals surface area contributed by atoms with E-state index < -0.39 is 0 Å². The molecule has 98 valence electrons. The number of aromatic nitrogens is 1. The van der Waals surface area contributed by atoms with Crippen LogP contribution in [0.2, 0.25) is 0 Å². The highest BCUT2D eigenvalue weighted by Gasteiger charge is 2.20. The quantitative estimate of drug-likeness (QED) is 0.803. The Balaban J connectivity index is 2.46. The second kappa shape index (κ2) is 6.31. The summed E-state index contributed by atoms with van der Waals surface area (Å²) in [6.45, 7) is 4.77. The van der Waals surface area contributed by atoms with Crippen LogP contribution in [0, 0.1) is 0 Å². The lowest BCUT2D eigenvalue weighted by atomic mass is 10.0. The summed E-state index contributed by atoms with van der Waals surface area (Å²) in [4.78, 5) is 17.7. The number of nitrogens with zero attached hydrogens (tertiary/aromatic N) is 2. The van der Waals surface area contributed by atoms with Crippen LogP contribution in [0.1, 0.15) is 19.4 Å². The molecule has 4 nitrogen and oxygen atoms in total. The first-order chi connectivity index (χ1) is 8.42. The van der Waals surface area contributed by atoms with Gasteiger partial charge >= 0.3 is 0 Å². The van der Waals surface area contributed by atoms with Gasteiger partial charge in [0.2, 0.25) is 5.91 Å². The molecule has 1 amide bonds. The van der Waals surface area contributed by atoms with Gasteiger partial charge in [-0.3, -0.25) is 9.78 Å². The standard InChI is InChI=1S/C14H21N3O/c1-14(2,17(3)4)11-16-13(18)8-7-12-6-5-9-15-10-12/h5-10H,11H2,1-4H3,(H,16,18)/b8-7+. The van der Waals surface area contributed by atoms with Gasteiger partial charge in [0.15, 0.2) is 0 Å². The first-order valence-corrected chi connectivity index (χ1v) is 5.95. The lowest BCUT2D eigenvalue weighted by Gasteiger charge is -2.32. The predicted octanol–water partition coefficient (Wildman–Crippen LogP) is 1.55. The van der Waals surface area contributed by atoms with Crippen molar-refractivity contribution in [2.45, 2.75) is 19.4 Å². The van der Waals surface area contributed by atoms with Crippen molar-refractivity contribution in [3.8, 4) is 0 Å². The smallest absolute Gasteiger partial charge is 0.244 e. The van der Waals surface area contributed by atoms with E-state index in [1.807, 2.05) is 26.2 Å². The summed E-state index contributed by atoms with van der Waals surface area (Å²) < 4.78 is 0. The maximum absolute atomic E-state index is 11.6. The van der Waals surface area contributed by atoms with E-state index in [0.717, 1.165) is 5.56 Å². The third-order valence-corrected chi connectivity index (χ3v) is 3.02. The van der Waals surface area contributed by atoms with E-state index in [2.05, 4.69) is 29.0 Å². The zero-order chi connectivity index (χ0) is 13.6. The minimum absolute atomic E-state index is 0.0577. The van der Waals surface area contributed by atoms with E-state index in [1.165, 1.54) is 6.08 Å². The van der Waals surface area contributed by atoms with Gasteiger partial charge in [-0.2, -0.15) is 0 Å². The maximum atomic E-state index is 11.6. The number of carbonyl (C=O) groups excluding carboxylic acids is 1. The minimum Gasteiger partial charge on any atom is -0.351 e. The van der Waals surface area contributed by atoms with Gasteiger partial charge < -0.3 is 10.2 Å². The average molecular weight is 247 g/mol. The highest BCUT2D eigenvalue weighted by molar-refractivity contribution is 5.91. The van der Waals surface area contributed by atoms with Gasteiger partial charge in [-0.25, -0.2) is 0 Å². The number of hydrogen-bond acceptors (Lipinski definition) is 3. The monoisotopic (exact) mass is 247 g/mol. The van der Waals surface area contributed by atoms with Crippen LogP contribution in [0.3, 0.4) is 0 Å². The third-order valence-electron chi connectivity index (χ3n) is 3.02. The van der Waals surface area contributed by atoms with Crippen LogP contribution in [0.5, 0.6) is 0 Å². The van der Waals surface area contributed by atoms with E-state index in [4.69, 9.17) is 0 Å². The number of likely N-dealkylation sites (N-methyl/N-ethyl adjacent to an activating group) is 1. The molecule has 0 atom stereocenters. The van der Waals surface area contributed by atoms with Gasteiger partial charge in [0.1, 0.15) is 0 Å². The SMILES string of the molecule is CN(C)C(C)(C)CNC(=O)/C=C/c1cccnc1. The molecule has 0 fully saturated rings. The zero-order valence-corrected chi connectivity index (χ0v) is 11.5. The Hall–Kier alpha value is -1.68. The minimum atomic E-state index is -0.0891. The fraction of sp³-hybridized carbons (Fsp3) is 0.429. The third kappa shape index (κ3) is 4.67. The maximum Gasteiger partial charge on any atom is 0.244 e. The lowest BCUT2D eigenvalue weighted by Crippen LogP contribution is -2.47. The molecule has 1 heterocycles. The summed E-state index contributed by atoms with van der Waals surface area (Å²) in [6.07, 6.45) is 6.71. The molecule has 0 bridgehead atoms. The molecule has 0 radical (unpaired) electrons. The Labute approximate surface area is 109 Å². The van der Waals surface area contributed by atoms with Crippen LogP contribution in [0.15, 0.2) is 30.6 Å². The molecule has 4 heteroatoms. The van der Waals surface area contributed by atoms with Crippen molar-refractivity contribution < 1.29 is 4.79 Å². The van der Waals surface area contributed by atoms with Gasteiger partial charge in [0.25, 0.3) is 0 Å². The molecule has 0 spiro atoms. The largest absolute Gasteiger partial charge is 0.351 e. The topological polar surface area (TPSA) is 45.2 Å². The van der Waals surface area contributed by atoms with Gasteiger partial charge in [0, 0.05) is 30.6 Å². The molecular formula is C14H21N3O. The molecule has 0 aliphatic heterocycles. The van der Waals surface area contributed by atoms with Crippen molar-refractivity contribution in [1.29, 1.82) is 0 Å². The molecule has 1 rings (SSSR count). The van der Waals surface area contributed by atoms with E-state index in [1.54, 1.807) is 18.5 Å². The number of rotatable bonds is 5. The van der Waals surface area contributed by atoms with E-state index in [0.29, 0.717) is 6.54 Å². The van der Waals surface area contributed by atoms with Gasteiger partial charge in [0.05, 0.1) is 0 Å². The van der Waals surface area contributed by atoms with Crippen LogP contribution in [0.25, 0.3) is 6.08 Å². The van der Waals surface area contributed by atoms with Gasteiger partial charge in [-0.15, -0.1) is 0 Å². The van der Waals surface area contributed by atoms with E-state index >= 15 is 0 Å². The summed E-state index contributed by atoms with van der Waals surface area (Å²) in [5.41, 5.74) is 0.858. The lowest BCUT2D eigenvalue weighted by molar-refractivity contribution is -0.116. The van der Waals surface area contributed by atoms with E-state index in [9.17, 15) is 4.79 Å². The number of amides is 1. The Bertz CT molecular complexity index is 410. The molecule has 18 heavy (non-hydrogen) atoms. The van der Waals surface area contributed by atoms with Crippen LogP contribution >= 0.6 is 0 Å². The number of nitrogens with one attached hydrogen (secondary N) is 1. The van der Waals surface area contributed by atoms with Gasteiger partial charge in [-0.1, -0.05) is 6.07 Å². The van der Waals surface area contributed by atoms with Crippen LogP contribution in [0.4, 0.5) is 0 Å². The van der Waals surface area contributed by atoms with Crippen LogP contribution < -0.4 is 5.32 Å². The molecule has 1 N–H and O–H groups in total. The Morgan fingerprint density at radius 3 is 2.78 bits per heavy atom. The summed E-state index contributed by atoms with van der Waals surface area (Å²) >= 11 is 0. The summed E-state index contributed by atoms with van der Waals surface area (Å²) in [5, 5.41) is 2.89. The molecule has 0 aliphatic rings. The van der Waals surface area contributed by atoms with Crippen molar-refractivity contribution in [2.24, 2.45) is 0 Å². The predicted molar refractivity (Wildman–Crippen MR) is 74.0 cm³/mol. The van der Waals surface area contributed by atoms with Crippen molar-refractivity contribution in [2.75, 3.05) is 20.6 Å².